The second-order valence-electron chi connectivity index (χ2n) is 8.15. The number of rotatable bonds is 8. The van der Waals surface area contributed by atoms with Crippen LogP contribution in [0.4, 0.5) is 23.4 Å². The van der Waals surface area contributed by atoms with Gasteiger partial charge in [-0.05, 0) is 23.8 Å². The zero-order chi connectivity index (χ0) is 25.9. The molecule has 0 bridgehead atoms. The van der Waals surface area contributed by atoms with Crippen molar-refractivity contribution in [1.82, 2.24) is 15.1 Å². The molecule has 2 amide bonds. The Kier molecular flexibility index (Phi) is 7.25. The van der Waals surface area contributed by atoms with E-state index in [1.54, 1.807) is 24.3 Å². The van der Waals surface area contributed by atoms with E-state index in [1.165, 1.54) is 36.1 Å². The molecule has 1 aromatic heterocycles. The Labute approximate surface area is 203 Å². The number of methoxy groups -OCH3 is 1. The average molecular weight is 506 g/mol. The third-order valence-electron chi connectivity index (χ3n) is 5.45. The van der Waals surface area contributed by atoms with E-state index in [2.05, 4.69) is 15.7 Å². The van der Waals surface area contributed by atoms with Gasteiger partial charge in [-0.25, -0.2) is 9.07 Å². The van der Waals surface area contributed by atoms with Crippen LogP contribution in [0.3, 0.4) is 0 Å². The summed E-state index contributed by atoms with van der Waals surface area (Å²) in [6.45, 7) is -1.48. The molecule has 2 N–H and O–H groups in total. The molecule has 4 rings (SSSR count). The van der Waals surface area contributed by atoms with Crippen LogP contribution in [-0.2, 0) is 20.9 Å². The van der Waals surface area contributed by atoms with Gasteiger partial charge in [-0.2, -0.15) is 13.2 Å². The molecule has 0 aliphatic carbocycles. The van der Waals surface area contributed by atoms with Crippen LogP contribution in [0.2, 0.25) is 0 Å². The highest BCUT2D eigenvalue weighted by molar-refractivity contribution is 5.97. The standard InChI is InChI=1S/C24H22F4N4O4/c1-35-17-5-6-18(25)20(9-17)32-19(10-21(31-32)30-23(34)16-8-22(33)29-11-16)15-4-2-3-14(7-15)12-36-13-24(26,27)28/h2-7,9-10,16H,8,11-13H2,1H3,(H,29,33)(H,30,31,34)/t16-/m0/s1. The van der Waals surface area contributed by atoms with Crippen LogP contribution in [0.25, 0.3) is 16.9 Å². The van der Waals surface area contributed by atoms with Gasteiger partial charge in [0.25, 0.3) is 0 Å². The Morgan fingerprint density at radius 1 is 1.22 bits per heavy atom. The molecular formula is C24H22F4N4O4. The first-order valence-corrected chi connectivity index (χ1v) is 10.9. The van der Waals surface area contributed by atoms with Crippen molar-refractivity contribution in [2.24, 2.45) is 5.92 Å². The summed E-state index contributed by atoms with van der Waals surface area (Å²) < 4.78 is 63.4. The van der Waals surface area contributed by atoms with E-state index in [1.807, 2.05) is 0 Å². The second kappa shape index (κ2) is 10.4. The van der Waals surface area contributed by atoms with E-state index in [0.717, 1.165) is 0 Å². The smallest absolute Gasteiger partial charge is 0.411 e. The number of ether oxygens (including phenoxy) is 2. The molecule has 1 atom stereocenters. The fourth-order valence-corrected chi connectivity index (χ4v) is 3.74. The topological polar surface area (TPSA) is 94.5 Å². The summed E-state index contributed by atoms with van der Waals surface area (Å²) in [5, 5.41) is 9.59. The van der Waals surface area contributed by atoms with Crippen LogP contribution < -0.4 is 15.4 Å². The van der Waals surface area contributed by atoms with Crippen molar-refractivity contribution in [2.45, 2.75) is 19.2 Å². The van der Waals surface area contributed by atoms with E-state index in [9.17, 15) is 27.2 Å². The average Bonchev–Trinajstić information content (AvgIpc) is 3.45. The number of amides is 2. The van der Waals surface area contributed by atoms with E-state index in [0.29, 0.717) is 22.6 Å². The fourth-order valence-electron chi connectivity index (χ4n) is 3.74. The number of carbonyl (C=O) groups excluding carboxylic acids is 2. The summed E-state index contributed by atoms with van der Waals surface area (Å²) in [7, 11) is 1.42. The minimum atomic E-state index is -4.45. The first kappa shape index (κ1) is 25.2. The van der Waals surface area contributed by atoms with Crippen LogP contribution in [0, 0.1) is 11.7 Å². The van der Waals surface area contributed by atoms with Gasteiger partial charge in [0.15, 0.2) is 5.82 Å². The normalized spacial score (nSPS) is 15.6. The van der Waals surface area contributed by atoms with Crippen molar-refractivity contribution >= 4 is 17.6 Å². The zero-order valence-electron chi connectivity index (χ0n) is 19.1. The number of hydrogen-bond acceptors (Lipinski definition) is 5. The number of hydrogen-bond donors (Lipinski definition) is 2. The van der Waals surface area contributed by atoms with Crippen LogP contribution in [0.1, 0.15) is 12.0 Å². The molecule has 1 saturated heterocycles. The lowest BCUT2D eigenvalue weighted by atomic mass is 10.1. The molecule has 2 aromatic carbocycles. The molecule has 1 aliphatic rings. The second-order valence-corrected chi connectivity index (χ2v) is 8.15. The van der Waals surface area contributed by atoms with Crippen LogP contribution in [0.5, 0.6) is 5.75 Å². The minimum Gasteiger partial charge on any atom is -0.497 e. The number of nitrogens with zero attached hydrogens (tertiary/aromatic N) is 2. The Morgan fingerprint density at radius 3 is 2.72 bits per heavy atom. The van der Waals surface area contributed by atoms with Crippen LogP contribution >= 0.6 is 0 Å². The molecule has 0 unspecified atom stereocenters. The molecule has 0 radical (unpaired) electrons. The third kappa shape index (κ3) is 6.00. The first-order chi connectivity index (χ1) is 17.1. The molecule has 190 valence electrons. The molecule has 2 heterocycles. The maximum absolute atomic E-state index is 14.8. The number of benzene rings is 2. The maximum Gasteiger partial charge on any atom is 0.411 e. The quantitative estimate of drug-likeness (QED) is 0.453. The molecule has 36 heavy (non-hydrogen) atoms. The number of nitrogens with one attached hydrogen (secondary N) is 2. The van der Waals surface area contributed by atoms with E-state index in [4.69, 9.17) is 9.47 Å². The molecule has 1 fully saturated rings. The van der Waals surface area contributed by atoms with Gasteiger partial charge in [0.2, 0.25) is 11.8 Å². The monoisotopic (exact) mass is 506 g/mol. The highest BCUT2D eigenvalue weighted by Crippen LogP contribution is 2.30. The van der Waals surface area contributed by atoms with Gasteiger partial charge in [-0.3, -0.25) is 9.59 Å². The predicted octanol–water partition coefficient (Wildman–Crippen LogP) is 3.84. The zero-order valence-corrected chi connectivity index (χ0v) is 19.1. The largest absolute Gasteiger partial charge is 0.497 e. The number of anilines is 1. The first-order valence-electron chi connectivity index (χ1n) is 10.9. The Hall–Kier alpha value is -3.93. The summed E-state index contributed by atoms with van der Waals surface area (Å²) in [6, 6.07) is 12.1. The number of aromatic nitrogens is 2. The lowest BCUT2D eigenvalue weighted by Gasteiger charge is -2.12. The molecule has 12 heteroatoms. The molecule has 0 spiro atoms. The summed E-state index contributed by atoms with van der Waals surface area (Å²) in [5.74, 6) is -1.38. The Morgan fingerprint density at radius 2 is 2.03 bits per heavy atom. The molecule has 0 saturated carbocycles. The predicted molar refractivity (Wildman–Crippen MR) is 121 cm³/mol. The SMILES string of the molecule is COc1ccc(F)c(-n2nc(NC(=O)[C@@H]3CNC(=O)C3)cc2-c2cccc(COCC(F)(F)F)c2)c1. The highest BCUT2D eigenvalue weighted by atomic mass is 19.4. The van der Waals surface area contributed by atoms with Gasteiger partial charge < -0.3 is 20.1 Å². The minimum absolute atomic E-state index is 0.0290. The van der Waals surface area contributed by atoms with Crippen molar-refractivity contribution in [2.75, 3.05) is 25.6 Å². The van der Waals surface area contributed by atoms with Crippen molar-refractivity contribution in [3.05, 3.63) is 59.9 Å². The van der Waals surface area contributed by atoms with E-state index >= 15 is 0 Å². The summed E-state index contributed by atoms with van der Waals surface area (Å²) >= 11 is 0. The molecule has 3 aromatic rings. The Bertz CT molecular complexity index is 1280. The van der Waals surface area contributed by atoms with E-state index < -0.39 is 30.4 Å². The molecular weight excluding hydrogens is 484 g/mol. The van der Waals surface area contributed by atoms with Crippen LogP contribution in [0.15, 0.2) is 48.5 Å². The number of halogens is 4. The number of alkyl halides is 3. The fraction of sp³-hybridized carbons (Fsp3) is 0.292. The van der Waals surface area contributed by atoms with Crippen molar-refractivity contribution in [3.63, 3.8) is 0 Å². The van der Waals surface area contributed by atoms with Crippen molar-refractivity contribution in [3.8, 4) is 22.7 Å². The van der Waals surface area contributed by atoms with Crippen molar-refractivity contribution in [1.29, 1.82) is 0 Å². The van der Waals surface area contributed by atoms with E-state index in [-0.39, 0.29) is 37.0 Å². The van der Waals surface area contributed by atoms with Crippen molar-refractivity contribution < 1.29 is 36.6 Å². The number of carbonyl (C=O) groups is 2. The lowest BCUT2D eigenvalue weighted by Crippen LogP contribution is -2.24. The van der Waals surface area contributed by atoms with Gasteiger partial charge in [0, 0.05) is 30.7 Å². The van der Waals surface area contributed by atoms with Gasteiger partial charge in [0.05, 0.1) is 25.3 Å². The van der Waals surface area contributed by atoms with Crippen LogP contribution in [-0.4, -0.2) is 48.0 Å². The third-order valence-corrected chi connectivity index (χ3v) is 5.45. The molecule has 1 aliphatic heterocycles. The van der Waals surface area contributed by atoms with Gasteiger partial charge in [-0.15, -0.1) is 5.10 Å². The Balaban J connectivity index is 1.69. The lowest BCUT2D eigenvalue weighted by molar-refractivity contribution is -0.176. The maximum atomic E-state index is 14.8. The van der Waals surface area contributed by atoms with Gasteiger partial charge >= 0.3 is 6.18 Å². The summed E-state index contributed by atoms with van der Waals surface area (Å²) in [6.07, 6.45) is -4.41. The summed E-state index contributed by atoms with van der Waals surface area (Å²) in [4.78, 5) is 24.1. The van der Waals surface area contributed by atoms with Gasteiger partial charge in [-0.1, -0.05) is 18.2 Å². The summed E-state index contributed by atoms with van der Waals surface area (Å²) in [5.41, 5.74) is 1.34. The van der Waals surface area contributed by atoms with Gasteiger partial charge in [0.1, 0.15) is 23.9 Å². The molecule has 8 nitrogen and oxygen atoms in total. The highest BCUT2D eigenvalue weighted by Gasteiger charge is 2.29.